The van der Waals surface area contributed by atoms with E-state index in [1.54, 1.807) is 13.2 Å². The van der Waals surface area contributed by atoms with Gasteiger partial charge in [-0.05, 0) is 30.2 Å². The molecule has 1 aliphatic heterocycles. The topological polar surface area (TPSA) is 47.6 Å². The lowest BCUT2D eigenvalue weighted by Gasteiger charge is -2.27. The zero-order chi connectivity index (χ0) is 16.2. The lowest BCUT2D eigenvalue weighted by Crippen LogP contribution is -2.27. The molecule has 0 bridgehead atoms. The molecule has 0 saturated heterocycles. The Morgan fingerprint density at radius 3 is 2.43 bits per heavy atom. The predicted octanol–water partition coefficient (Wildman–Crippen LogP) is 3.72. The third-order valence-corrected chi connectivity index (χ3v) is 3.92. The Morgan fingerprint density at radius 1 is 1.09 bits per heavy atom. The number of hydrogen-bond donors (Lipinski definition) is 1. The number of nitrogens with one attached hydrogen (secondary N) is 1. The molecule has 0 aliphatic carbocycles. The highest BCUT2D eigenvalue weighted by Gasteiger charge is 2.32. The molecular weight excluding hydrogens is 290 g/mol. The molecule has 0 fully saturated rings. The second-order valence-electron chi connectivity index (χ2n) is 5.48. The number of hydrogen-bond acceptors (Lipinski definition) is 4. The molecule has 1 heterocycles. The third-order valence-electron chi connectivity index (χ3n) is 3.92. The lowest BCUT2D eigenvalue weighted by molar-refractivity contribution is -0.139. The van der Waals surface area contributed by atoms with Gasteiger partial charge < -0.3 is 14.8 Å². The highest BCUT2D eigenvalue weighted by atomic mass is 16.5. The van der Waals surface area contributed by atoms with Crippen molar-refractivity contribution in [2.75, 3.05) is 12.4 Å². The van der Waals surface area contributed by atoms with Crippen LogP contribution < -0.4 is 10.1 Å². The van der Waals surface area contributed by atoms with Crippen LogP contribution in [0.2, 0.25) is 0 Å². The number of esters is 1. The SMILES string of the molecule is COc1ccccc1N[C@@H](c1ccccc1)[C@@H]1OC(=O)C=C1C. The number of anilines is 1. The molecule has 3 rings (SSSR count). The average molecular weight is 309 g/mol. The molecule has 118 valence electrons. The van der Waals surface area contributed by atoms with Gasteiger partial charge in [-0.3, -0.25) is 0 Å². The first kappa shape index (κ1) is 15.2. The Bertz CT molecular complexity index is 724. The Labute approximate surface area is 135 Å². The van der Waals surface area contributed by atoms with Crippen molar-refractivity contribution in [2.24, 2.45) is 0 Å². The summed E-state index contributed by atoms with van der Waals surface area (Å²) in [6.07, 6.45) is 1.21. The van der Waals surface area contributed by atoms with E-state index in [2.05, 4.69) is 5.32 Å². The highest BCUT2D eigenvalue weighted by molar-refractivity contribution is 5.86. The zero-order valence-corrected chi connectivity index (χ0v) is 13.2. The second kappa shape index (κ2) is 6.57. The summed E-state index contributed by atoms with van der Waals surface area (Å²) in [7, 11) is 1.64. The van der Waals surface area contributed by atoms with Crippen LogP contribution in [0.1, 0.15) is 18.5 Å². The molecule has 0 saturated carbocycles. The van der Waals surface area contributed by atoms with E-state index < -0.39 is 0 Å². The molecule has 1 N–H and O–H groups in total. The van der Waals surface area contributed by atoms with Gasteiger partial charge in [-0.1, -0.05) is 42.5 Å². The van der Waals surface area contributed by atoms with E-state index >= 15 is 0 Å². The number of ether oxygens (including phenoxy) is 2. The van der Waals surface area contributed by atoms with Gasteiger partial charge in [0.15, 0.2) is 0 Å². The molecule has 0 aromatic heterocycles. The summed E-state index contributed by atoms with van der Waals surface area (Å²) in [6.45, 7) is 1.91. The molecular formula is C19H19NO3. The van der Waals surface area contributed by atoms with Crippen LogP contribution in [-0.2, 0) is 9.53 Å². The summed E-state index contributed by atoms with van der Waals surface area (Å²) in [5, 5.41) is 3.46. The van der Waals surface area contributed by atoms with Crippen molar-refractivity contribution in [1.82, 2.24) is 0 Å². The number of rotatable bonds is 5. The normalized spacial score (nSPS) is 18.1. The van der Waals surface area contributed by atoms with Crippen LogP contribution in [0.5, 0.6) is 5.75 Å². The predicted molar refractivity (Wildman–Crippen MR) is 89.4 cm³/mol. The van der Waals surface area contributed by atoms with Crippen LogP contribution in [0.15, 0.2) is 66.2 Å². The van der Waals surface area contributed by atoms with Crippen LogP contribution in [0.4, 0.5) is 5.69 Å². The maximum Gasteiger partial charge on any atom is 0.331 e. The van der Waals surface area contributed by atoms with Crippen molar-refractivity contribution in [2.45, 2.75) is 19.1 Å². The zero-order valence-electron chi connectivity index (χ0n) is 13.2. The third kappa shape index (κ3) is 3.21. The van der Waals surface area contributed by atoms with E-state index in [0.29, 0.717) is 0 Å². The maximum atomic E-state index is 11.6. The van der Waals surface area contributed by atoms with E-state index in [4.69, 9.17) is 9.47 Å². The van der Waals surface area contributed by atoms with Crippen LogP contribution in [0.25, 0.3) is 0 Å². The molecule has 4 nitrogen and oxygen atoms in total. The minimum atomic E-state index is -0.338. The van der Waals surface area contributed by atoms with E-state index in [0.717, 1.165) is 22.6 Å². The van der Waals surface area contributed by atoms with Gasteiger partial charge in [-0.15, -0.1) is 0 Å². The minimum Gasteiger partial charge on any atom is -0.495 e. The van der Waals surface area contributed by atoms with Gasteiger partial charge in [0.2, 0.25) is 0 Å². The Kier molecular flexibility index (Phi) is 4.33. The molecule has 0 radical (unpaired) electrons. The monoisotopic (exact) mass is 309 g/mol. The first-order chi connectivity index (χ1) is 11.2. The summed E-state index contributed by atoms with van der Waals surface area (Å²) in [6, 6.07) is 17.5. The van der Waals surface area contributed by atoms with E-state index in [9.17, 15) is 4.79 Å². The number of carbonyl (C=O) groups is 1. The van der Waals surface area contributed by atoms with Crippen LogP contribution in [0, 0.1) is 0 Å². The Hall–Kier alpha value is -2.75. The molecule has 0 unspecified atom stereocenters. The van der Waals surface area contributed by atoms with Gasteiger partial charge in [0.25, 0.3) is 0 Å². The summed E-state index contributed by atoms with van der Waals surface area (Å²) < 4.78 is 10.9. The largest absolute Gasteiger partial charge is 0.495 e. The van der Waals surface area contributed by atoms with Gasteiger partial charge in [0, 0.05) is 6.08 Å². The number of carbonyl (C=O) groups excluding carboxylic acids is 1. The van der Waals surface area contributed by atoms with Crippen molar-refractivity contribution < 1.29 is 14.3 Å². The standard InChI is InChI=1S/C19H19NO3/c1-13-12-17(21)23-19(13)18(14-8-4-3-5-9-14)20-15-10-6-7-11-16(15)22-2/h3-12,18-20H,1-2H3/t18-,19+/m0/s1. The van der Waals surface area contributed by atoms with Crippen molar-refractivity contribution in [3.8, 4) is 5.75 Å². The van der Waals surface area contributed by atoms with Gasteiger partial charge in [-0.2, -0.15) is 0 Å². The quantitative estimate of drug-likeness (QED) is 0.855. The second-order valence-corrected chi connectivity index (χ2v) is 5.48. The molecule has 2 aromatic carbocycles. The number of methoxy groups -OCH3 is 1. The molecule has 1 aliphatic rings. The van der Waals surface area contributed by atoms with E-state index in [1.807, 2.05) is 61.5 Å². The summed E-state index contributed by atoms with van der Waals surface area (Å²) in [5.74, 6) is 0.453. The number of cyclic esters (lactones) is 1. The Morgan fingerprint density at radius 2 is 1.78 bits per heavy atom. The smallest absolute Gasteiger partial charge is 0.331 e. The van der Waals surface area contributed by atoms with Crippen molar-refractivity contribution in [3.05, 3.63) is 71.8 Å². The molecule has 2 aromatic rings. The van der Waals surface area contributed by atoms with Crippen molar-refractivity contribution in [3.63, 3.8) is 0 Å². The fraction of sp³-hybridized carbons (Fsp3) is 0.211. The first-order valence-electron chi connectivity index (χ1n) is 7.52. The van der Waals surface area contributed by atoms with Crippen LogP contribution in [-0.4, -0.2) is 19.2 Å². The molecule has 2 atom stereocenters. The van der Waals surface area contributed by atoms with E-state index in [1.165, 1.54) is 0 Å². The summed E-state index contributed by atoms with van der Waals surface area (Å²) in [5.41, 5.74) is 2.82. The Balaban J connectivity index is 1.96. The number of para-hydroxylation sites is 2. The molecule has 0 amide bonds. The highest BCUT2D eigenvalue weighted by Crippen LogP contribution is 2.34. The average Bonchev–Trinajstić information content (AvgIpc) is 2.92. The van der Waals surface area contributed by atoms with Gasteiger partial charge >= 0.3 is 5.97 Å². The van der Waals surface area contributed by atoms with Crippen molar-refractivity contribution in [1.29, 1.82) is 0 Å². The minimum absolute atomic E-state index is 0.185. The maximum absolute atomic E-state index is 11.6. The van der Waals surface area contributed by atoms with Crippen LogP contribution >= 0.6 is 0 Å². The summed E-state index contributed by atoms with van der Waals surface area (Å²) in [4.78, 5) is 11.6. The van der Waals surface area contributed by atoms with E-state index in [-0.39, 0.29) is 18.1 Å². The van der Waals surface area contributed by atoms with Crippen molar-refractivity contribution >= 4 is 11.7 Å². The van der Waals surface area contributed by atoms with Gasteiger partial charge in [0.05, 0.1) is 18.8 Å². The summed E-state index contributed by atoms with van der Waals surface area (Å²) >= 11 is 0. The first-order valence-corrected chi connectivity index (χ1v) is 7.52. The molecule has 0 spiro atoms. The lowest BCUT2D eigenvalue weighted by atomic mass is 9.96. The number of benzene rings is 2. The van der Waals surface area contributed by atoms with Gasteiger partial charge in [-0.25, -0.2) is 4.79 Å². The fourth-order valence-corrected chi connectivity index (χ4v) is 2.78. The fourth-order valence-electron chi connectivity index (χ4n) is 2.78. The van der Waals surface area contributed by atoms with Gasteiger partial charge in [0.1, 0.15) is 11.9 Å². The molecule has 23 heavy (non-hydrogen) atoms. The van der Waals surface area contributed by atoms with Crippen LogP contribution in [0.3, 0.4) is 0 Å². The molecule has 4 heteroatoms.